The van der Waals surface area contributed by atoms with Crippen LogP contribution in [0.5, 0.6) is 0 Å². The lowest BCUT2D eigenvalue weighted by atomic mass is 10.1. The molecule has 1 rings (SSSR count). The van der Waals surface area contributed by atoms with Gasteiger partial charge in [0.2, 0.25) is 0 Å². The number of ether oxygens (including phenoxy) is 1. The molecule has 20 heavy (non-hydrogen) atoms. The SMILES string of the molecule is CNCCc1ccccc1COCC(F)(F)C(F)(F)F. The second-order valence-electron chi connectivity index (χ2n) is 4.32. The van der Waals surface area contributed by atoms with Crippen molar-refractivity contribution in [3.63, 3.8) is 0 Å². The van der Waals surface area contributed by atoms with Crippen molar-refractivity contribution >= 4 is 0 Å². The van der Waals surface area contributed by atoms with Crippen LogP contribution in [0.1, 0.15) is 11.1 Å². The second kappa shape index (κ2) is 6.99. The Kier molecular flexibility index (Phi) is 5.88. The molecule has 1 aromatic rings. The van der Waals surface area contributed by atoms with Crippen molar-refractivity contribution in [2.24, 2.45) is 0 Å². The number of likely N-dealkylation sites (N-methyl/N-ethyl adjacent to an activating group) is 1. The third-order valence-electron chi connectivity index (χ3n) is 2.72. The van der Waals surface area contributed by atoms with Crippen LogP contribution in [0.15, 0.2) is 24.3 Å². The fourth-order valence-electron chi connectivity index (χ4n) is 1.57. The molecule has 0 atom stereocenters. The molecule has 0 radical (unpaired) electrons. The largest absolute Gasteiger partial charge is 0.455 e. The van der Waals surface area contributed by atoms with Crippen LogP contribution in [-0.4, -0.2) is 32.3 Å². The lowest BCUT2D eigenvalue weighted by molar-refractivity contribution is -0.297. The Morgan fingerprint density at radius 3 is 2.20 bits per heavy atom. The van der Waals surface area contributed by atoms with Crippen LogP contribution in [0.4, 0.5) is 22.0 Å². The molecule has 0 aromatic heterocycles. The Balaban J connectivity index is 2.58. The Morgan fingerprint density at radius 2 is 1.65 bits per heavy atom. The van der Waals surface area contributed by atoms with E-state index in [1.807, 2.05) is 0 Å². The van der Waals surface area contributed by atoms with Crippen LogP contribution in [-0.2, 0) is 17.8 Å². The highest BCUT2D eigenvalue weighted by molar-refractivity contribution is 5.26. The van der Waals surface area contributed by atoms with Crippen LogP contribution < -0.4 is 5.32 Å². The van der Waals surface area contributed by atoms with Crippen LogP contribution in [0.2, 0.25) is 0 Å². The number of benzene rings is 1. The average molecular weight is 297 g/mol. The van der Waals surface area contributed by atoms with Gasteiger partial charge in [-0.3, -0.25) is 0 Å². The summed E-state index contributed by atoms with van der Waals surface area (Å²) >= 11 is 0. The lowest BCUT2D eigenvalue weighted by Crippen LogP contribution is -2.40. The van der Waals surface area contributed by atoms with E-state index in [0.29, 0.717) is 18.5 Å². The van der Waals surface area contributed by atoms with Crippen molar-refractivity contribution in [3.05, 3.63) is 35.4 Å². The molecule has 7 heteroatoms. The van der Waals surface area contributed by atoms with Gasteiger partial charge in [-0.1, -0.05) is 24.3 Å². The minimum Gasteiger partial charge on any atom is -0.370 e. The van der Waals surface area contributed by atoms with E-state index in [9.17, 15) is 22.0 Å². The summed E-state index contributed by atoms with van der Waals surface area (Å²) in [6.45, 7) is -1.27. The van der Waals surface area contributed by atoms with Gasteiger partial charge in [0, 0.05) is 0 Å². The van der Waals surface area contributed by atoms with Gasteiger partial charge < -0.3 is 10.1 Å². The number of alkyl halides is 5. The molecule has 0 unspecified atom stereocenters. The number of nitrogens with one attached hydrogen (secondary N) is 1. The van der Waals surface area contributed by atoms with E-state index in [2.05, 4.69) is 10.1 Å². The van der Waals surface area contributed by atoms with E-state index in [1.165, 1.54) is 0 Å². The van der Waals surface area contributed by atoms with Gasteiger partial charge in [0.1, 0.15) is 6.61 Å². The predicted molar refractivity (Wildman–Crippen MR) is 64.7 cm³/mol. The van der Waals surface area contributed by atoms with Crippen LogP contribution >= 0.6 is 0 Å². The van der Waals surface area contributed by atoms with Crippen molar-refractivity contribution in [1.29, 1.82) is 0 Å². The zero-order chi connectivity index (χ0) is 15.2. The van der Waals surface area contributed by atoms with Crippen molar-refractivity contribution in [2.45, 2.75) is 25.1 Å². The van der Waals surface area contributed by atoms with Gasteiger partial charge in [-0.2, -0.15) is 22.0 Å². The molecule has 1 N–H and O–H groups in total. The zero-order valence-corrected chi connectivity index (χ0v) is 10.9. The second-order valence-corrected chi connectivity index (χ2v) is 4.32. The topological polar surface area (TPSA) is 21.3 Å². The lowest BCUT2D eigenvalue weighted by Gasteiger charge is -2.19. The summed E-state index contributed by atoms with van der Waals surface area (Å²) in [6.07, 6.45) is -4.94. The van der Waals surface area contributed by atoms with Gasteiger partial charge in [0.25, 0.3) is 0 Å². The third-order valence-corrected chi connectivity index (χ3v) is 2.72. The van der Waals surface area contributed by atoms with E-state index in [4.69, 9.17) is 0 Å². The van der Waals surface area contributed by atoms with Crippen molar-refractivity contribution in [2.75, 3.05) is 20.2 Å². The van der Waals surface area contributed by atoms with E-state index in [-0.39, 0.29) is 6.61 Å². The number of halogens is 5. The minimum atomic E-state index is -5.58. The molecule has 0 spiro atoms. The van der Waals surface area contributed by atoms with E-state index < -0.39 is 18.7 Å². The molecule has 0 bridgehead atoms. The first-order valence-corrected chi connectivity index (χ1v) is 6.01. The van der Waals surface area contributed by atoms with Crippen molar-refractivity contribution < 1.29 is 26.7 Å². The van der Waals surface area contributed by atoms with E-state index in [1.54, 1.807) is 31.3 Å². The smallest absolute Gasteiger partial charge is 0.370 e. The van der Waals surface area contributed by atoms with Gasteiger partial charge >= 0.3 is 12.1 Å². The summed E-state index contributed by atoms with van der Waals surface area (Å²) in [5.41, 5.74) is 1.47. The number of rotatable bonds is 7. The first-order valence-electron chi connectivity index (χ1n) is 6.01. The van der Waals surface area contributed by atoms with Crippen molar-refractivity contribution in [1.82, 2.24) is 5.32 Å². The van der Waals surface area contributed by atoms with Crippen molar-refractivity contribution in [3.8, 4) is 0 Å². The molecule has 0 aliphatic heterocycles. The van der Waals surface area contributed by atoms with Crippen LogP contribution in [0, 0.1) is 0 Å². The molecular formula is C13H16F5NO. The maximum absolute atomic E-state index is 12.7. The fourth-order valence-corrected chi connectivity index (χ4v) is 1.57. The Bertz CT molecular complexity index is 419. The molecule has 0 amide bonds. The number of hydrogen-bond donors (Lipinski definition) is 1. The normalized spacial score (nSPS) is 12.7. The van der Waals surface area contributed by atoms with Gasteiger partial charge in [-0.25, -0.2) is 0 Å². The molecule has 0 saturated carbocycles. The van der Waals surface area contributed by atoms with Gasteiger partial charge in [0.05, 0.1) is 6.61 Å². The molecule has 0 aliphatic rings. The predicted octanol–water partition coefficient (Wildman–Crippen LogP) is 3.16. The van der Waals surface area contributed by atoms with Crippen LogP contribution in [0.25, 0.3) is 0 Å². The monoisotopic (exact) mass is 297 g/mol. The summed E-state index contributed by atoms with van der Waals surface area (Å²) < 4.78 is 65.8. The highest BCUT2D eigenvalue weighted by Crippen LogP contribution is 2.35. The molecule has 1 aromatic carbocycles. The van der Waals surface area contributed by atoms with Gasteiger partial charge in [0.15, 0.2) is 0 Å². The van der Waals surface area contributed by atoms with Crippen LogP contribution in [0.3, 0.4) is 0 Å². The van der Waals surface area contributed by atoms with E-state index >= 15 is 0 Å². The van der Waals surface area contributed by atoms with E-state index in [0.717, 1.165) is 5.56 Å². The van der Waals surface area contributed by atoms with Gasteiger partial charge in [-0.15, -0.1) is 0 Å². The standard InChI is InChI=1S/C13H16F5NO/c1-19-7-6-10-4-2-3-5-11(10)8-20-9-12(14,15)13(16,17)18/h2-5,19H,6-9H2,1H3. The summed E-state index contributed by atoms with van der Waals surface area (Å²) in [5, 5.41) is 2.93. The Hall–Kier alpha value is -1.21. The first kappa shape index (κ1) is 16.8. The zero-order valence-electron chi connectivity index (χ0n) is 10.9. The Morgan fingerprint density at radius 1 is 1.05 bits per heavy atom. The summed E-state index contributed by atoms with van der Waals surface area (Å²) in [6, 6.07) is 6.90. The molecule has 0 saturated heterocycles. The highest BCUT2D eigenvalue weighted by Gasteiger charge is 2.57. The minimum absolute atomic E-state index is 0.272. The molecular weight excluding hydrogens is 281 g/mol. The maximum atomic E-state index is 12.7. The molecule has 114 valence electrons. The summed E-state index contributed by atoms with van der Waals surface area (Å²) in [5.74, 6) is -4.83. The van der Waals surface area contributed by atoms with Gasteiger partial charge in [-0.05, 0) is 31.1 Å². The number of hydrogen-bond acceptors (Lipinski definition) is 2. The Labute approximate surface area is 113 Å². The fraction of sp³-hybridized carbons (Fsp3) is 0.538. The molecule has 0 aliphatic carbocycles. The first-order chi connectivity index (χ1) is 9.28. The molecule has 0 fully saturated rings. The average Bonchev–Trinajstić information content (AvgIpc) is 2.36. The summed E-state index contributed by atoms with van der Waals surface area (Å²) in [4.78, 5) is 0. The quantitative estimate of drug-likeness (QED) is 0.781. The third kappa shape index (κ3) is 4.72. The summed E-state index contributed by atoms with van der Waals surface area (Å²) in [7, 11) is 1.77. The molecule has 2 nitrogen and oxygen atoms in total. The maximum Gasteiger partial charge on any atom is 0.455 e. The highest BCUT2D eigenvalue weighted by atomic mass is 19.4. The molecule has 0 heterocycles.